The van der Waals surface area contributed by atoms with Gasteiger partial charge in [0.05, 0.1) is 11.5 Å². The molecule has 0 aliphatic carbocycles. The van der Waals surface area contributed by atoms with E-state index in [1.807, 2.05) is 0 Å². The Morgan fingerprint density at radius 2 is 1.96 bits per heavy atom. The highest BCUT2D eigenvalue weighted by atomic mass is 35.5. The third kappa shape index (κ3) is 3.16. The van der Waals surface area contributed by atoms with Crippen LogP contribution in [-0.4, -0.2) is 24.3 Å². The third-order valence-corrected chi connectivity index (χ3v) is 4.12. The van der Waals surface area contributed by atoms with Gasteiger partial charge in [0.15, 0.2) is 12.4 Å². The third-order valence-electron chi connectivity index (χ3n) is 3.89. The van der Waals surface area contributed by atoms with Gasteiger partial charge in [0.1, 0.15) is 0 Å². The van der Waals surface area contributed by atoms with Gasteiger partial charge in [-0.1, -0.05) is 17.7 Å². The number of amides is 1. The number of carbonyl (C=O) groups is 3. The van der Waals surface area contributed by atoms with Gasteiger partial charge in [0.2, 0.25) is 5.91 Å². The molecule has 0 spiro atoms. The number of nitrogens with one attached hydrogen (secondary N) is 1. The lowest BCUT2D eigenvalue weighted by molar-refractivity contribution is -0.116. The van der Waals surface area contributed by atoms with Crippen LogP contribution < -0.4 is 5.32 Å². The summed E-state index contributed by atoms with van der Waals surface area (Å²) in [5.41, 5.74) is 2.16. The van der Waals surface area contributed by atoms with E-state index in [1.54, 1.807) is 43.3 Å². The number of halogens is 1. The van der Waals surface area contributed by atoms with Crippen molar-refractivity contribution in [2.75, 3.05) is 11.9 Å². The molecule has 1 amide bonds. The van der Waals surface area contributed by atoms with Crippen LogP contribution in [0, 0.1) is 0 Å². The number of ketones is 1. The molecule has 0 bridgehead atoms. The highest BCUT2D eigenvalue weighted by molar-refractivity contribution is 6.30. The second kappa shape index (κ2) is 6.45. The van der Waals surface area contributed by atoms with Gasteiger partial charge in [-0.15, -0.1) is 0 Å². The van der Waals surface area contributed by atoms with Crippen LogP contribution in [0.25, 0.3) is 0 Å². The Bertz CT molecular complexity index is 847. The molecule has 0 saturated carbocycles. The van der Waals surface area contributed by atoms with Crippen LogP contribution in [0.3, 0.4) is 0 Å². The van der Waals surface area contributed by atoms with Crippen LogP contribution in [0.15, 0.2) is 42.5 Å². The highest BCUT2D eigenvalue weighted by Crippen LogP contribution is 2.32. The van der Waals surface area contributed by atoms with E-state index in [4.69, 9.17) is 16.3 Å². The molecule has 1 aliphatic heterocycles. The number of esters is 1. The zero-order valence-electron chi connectivity index (χ0n) is 12.8. The molecule has 0 aromatic heterocycles. The first-order valence-corrected chi connectivity index (χ1v) is 7.74. The lowest BCUT2D eigenvalue weighted by atomic mass is 9.99. The molecule has 122 valence electrons. The molecule has 1 aliphatic rings. The Morgan fingerprint density at radius 3 is 2.71 bits per heavy atom. The Labute approximate surface area is 143 Å². The minimum atomic E-state index is -0.614. The van der Waals surface area contributed by atoms with E-state index >= 15 is 0 Å². The van der Waals surface area contributed by atoms with Crippen LogP contribution in [0.1, 0.15) is 39.1 Å². The van der Waals surface area contributed by atoms with E-state index in [9.17, 15) is 14.4 Å². The van der Waals surface area contributed by atoms with Crippen molar-refractivity contribution < 1.29 is 19.1 Å². The number of fused-ring (bicyclic) bond motifs is 1. The average molecular weight is 344 g/mol. The minimum absolute atomic E-state index is 0.0954. The number of anilines is 1. The van der Waals surface area contributed by atoms with Gasteiger partial charge in [-0.25, -0.2) is 4.79 Å². The number of rotatable bonds is 4. The van der Waals surface area contributed by atoms with E-state index < -0.39 is 5.97 Å². The zero-order valence-corrected chi connectivity index (χ0v) is 13.6. The average Bonchev–Trinajstić information content (AvgIpc) is 2.86. The van der Waals surface area contributed by atoms with Gasteiger partial charge >= 0.3 is 5.97 Å². The quantitative estimate of drug-likeness (QED) is 0.682. The van der Waals surface area contributed by atoms with Crippen LogP contribution in [0.5, 0.6) is 0 Å². The van der Waals surface area contributed by atoms with E-state index in [1.165, 1.54) is 6.07 Å². The van der Waals surface area contributed by atoms with Crippen molar-refractivity contribution in [3.05, 3.63) is 64.2 Å². The maximum Gasteiger partial charge on any atom is 0.338 e. The van der Waals surface area contributed by atoms with Crippen LogP contribution in [0.4, 0.5) is 5.69 Å². The molecule has 1 N–H and O–H groups in total. The molecule has 2 aromatic rings. The summed E-state index contributed by atoms with van der Waals surface area (Å²) in [7, 11) is 0. The van der Waals surface area contributed by atoms with Crippen LogP contribution in [0.2, 0.25) is 5.02 Å². The molecule has 5 nitrogen and oxygen atoms in total. The topological polar surface area (TPSA) is 72.5 Å². The Hall–Kier alpha value is -2.66. The highest BCUT2D eigenvalue weighted by Gasteiger charge is 2.27. The van der Waals surface area contributed by atoms with Gasteiger partial charge in [-0.3, -0.25) is 9.59 Å². The molecule has 0 saturated heterocycles. The summed E-state index contributed by atoms with van der Waals surface area (Å²) in [5, 5.41) is 3.16. The van der Waals surface area contributed by atoms with E-state index in [2.05, 4.69) is 5.32 Å². The van der Waals surface area contributed by atoms with Gasteiger partial charge < -0.3 is 10.1 Å². The zero-order chi connectivity index (χ0) is 17.3. The van der Waals surface area contributed by atoms with E-state index in [-0.39, 0.29) is 29.8 Å². The molecular weight excluding hydrogens is 330 g/mol. The molecule has 3 rings (SSSR count). The number of benzene rings is 2. The second-order valence-electron chi connectivity index (χ2n) is 5.52. The first kappa shape index (κ1) is 16.2. The fourth-order valence-electron chi connectivity index (χ4n) is 2.50. The van der Waals surface area contributed by atoms with Crippen molar-refractivity contribution in [2.45, 2.75) is 12.8 Å². The van der Waals surface area contributed by atoms with Crippen LogP contribution in [-0.2, 0) is 9.53 Å². The number of hydrogen-bond acceptors (Lipinski definition) is 4. The SMILES string of the molecule is C[C@H]1C(=O)Nc2ccc(C(=O)COC(=O)c3cccc(Cl)c3)cc21. The molecule has 0 unspecified atom stereocenters. The first-order valence-electron chi connectivity index (χ1n) is 7.36. The Balaban J connectivity index is 1.68. The summed E-state index contributed by atoms with van der Waals surface area (Å²) >= 11 is 5.82. The standard InChI is InChI=1S/C18H14ClNO4/c1-10-14-8-11(5-6-15(14)20-17(10)22)16(21)9-24-18(23)12-3-2-4-13(19)7-12/h2-8,10H,9H2,1H3,(H,20,22)/t10-/m1/s1. The van der Waals surface area contributed by atoms with Crippen molar-refractivity contribution >= 4 is 34.9 Å². The number of hydrogen-bond donors (Lipinski definition) is 1. The molecular formula is C18H14ClNO4. The number of carbonyl (C=O) groups excluding carboxylic acids is 3. The molecule has 0 radical (unpaired) electrons. The first-order chi connectivity index (χ1) is 11.5. The smallest absolute Gasteiger partial charge is 0.338 e. The fraction of sp³-hybridized carbons (Fsp3) is 0.167. The van der Waals surface area contributed by atoms with Crippen molar-refractivity contribution in [1.82, 2.24) is 0 Å². The summed E-state index contributed by atoms with van der Waals surface area (Å²) in [6, 6.07) is 11.3. The number of Topliss-reactive ketones (excluding diaryl/α,β-unsaturated/α-hetero) is 1. The van der Waals surface area contributed by atoms with Crippen molar-refractivity contribution in [3.8, 4) is 0 Å². The maximum atomic E-state index is 12.2. The Morgan fingerprint density at radius 1 is 1.17 bits per heavy atom. The van der Waals surface area contributed by atoms with Gasteiger partial charge in [-0.05, 0) is 48.9 Å². The molecule has 1 heterocycles. The molecule has 2 aromatic carbocycles. The maximum absolute atomic E-state index is 12.2. The summed E-state index contributed by atoms with van der Waals surface area (Å²) in [5.74, 6) is -1.35. The van der Waals surface area contributed by atoms with Crippen molar-refractivity contribution in [3.63, 3.8) is 0 Å². The summed E-state index contributed by atoms with van der Waals surface area (Å²) in [4.78, 5) is 35.8. The lowest BCUT2D eigenvalue weighted by Crippen LogP contribution is -2.14. The van der Waals surface area contributed by atoms with E-state index in [0.29, 0.717) is 16.3 Å². The summed E-state index contributed by atoms with van der Waals surface area (Å²) in [6.07, 6.45) is 0. The van der Waals surface area contributed by atoms with E-state index in [0.717, 1.165) is 5.56 Å². The Kier molecular flexibility index (Phi) is 4.36. The largest absolute Gasteiger partial charge is 0.454 e. The van der Waals surface area contributed by atoms with Gasteiger partial charge in [-0.2, -0.15) is 0 Å². The molecule has 0 fully saturated rings. The molecule has 1 atom stereocenters. The van der Waals surface area contributed by atoms with Crippen molar-refractivity contribution in [1.29, 1.82) is 0 Å². The lowest BCUT2D eigenvalue weighted by Gasteiger charge is -2.07. The summed E-state index contributed by atoms with van der Waals surface area (Å²) < 4.78 is 5.04. The fourth-order valence-corrected chi connectivity index (χ4v) is 2.69. The predicted octanol–water partition coefficient (Wildman–Crippen LogP) is 3.44. The predicted molar refractivity (Wildman–Crippen MR) is 89.6 cm³/mol. The minimum Gasteiger partial charge on any atom is -0.454 e. The van der Waals surface area contributed by atoms with Gasteiger partial charge in [0, 0.05) is 16.3 Å². The second-order valence-corrected chi connectivity index (χ2v) is 5.96. The molecule has 6 heteroatoms. The number of ether oxygens (including phenoxy) is 1. The monoisotopic (exact) mass is 343 g/mol. The normalized spacial score (nSPS) is 15.6. The van der Waals surface area contributed by atoms with Gasteiger partial charge in [0.25, 0.3) is 0 Å². The summed E-state index contributed by atoms with van der Waals surface area (Å²) in [6.45, 7) is 1.40. The van der Waals surface area contributed by atoms with Crippen LogP contribution >= 0.6 is 11.6 Å². The van der Waals surface area contributed by atoms with Crippen molar-refractivity contribution in [2.24, 2.45) is 0 Å². The molecule has 24 heavy (non-hydrogen) atoms.